The highest BCUT2D eigenvalue weighted by molar-refractivity contribution is 5.97. The molecule has 1 N–H and O–H groups in total. The van der Waals surface area contributed by atoms with Gasteiger partial charge in [-0.25, -0.2) is 0 Å². The Morgan fingerprint density at radius 2 is 1.83 bits per heavy atom. The molecule has 0 fully saturated rings. The Hall–Kier alpha value is -3.93. The predicted molar refractivity (Wildman–Crippen MR) is 112 cm³/mol. The Morgan fingerprint density at radius 3 is 2.52 bits per heavy atom. The van der Waals surface area contributed by atoms with E-state index in [1.807, 2.05) is 48.5 Å². The van der Waals surface area contributed by atoms with Crippen LogP contribution in [0, 0.1) is 0 Å². The lowest BCUT2D eigenvalue weighted by atomic mass is 10.2. The number of hydrogen-bond donors (Lipinski definition) is 1. The maximum Gasteiger partial charge on any atom is 0.280 e. The number of nitrogens with one attached hydrogen (secondary N) is 1. The molecule has 0 radical (unpaired) electrons. The number of benzene rings is 2. The summed E-state index contributed by atoms with van der Waals surface area (Å²) in [5.41, 5.74) is 3.15. The van der Waals surface area contributed by atoms with Crippen LogP contribution in [0.15, 0.2) is 85.2 Å². The number of methoxy groups -OCH3 is 1. The van der Waals surface area contributed by atoms with Crippen molar-refractivity contribution in [2.75, 3.05) is 12.4 Å². The zero-order valence-electron chi connectivity index (χ0n) is 15.9. The minimum absolute atomic E-state index is 0.224. The van der Waals surface area contributed by atoms with Crippen LogP contribution in [-0.2, 0) is 6.54 Å². The van der Waals surface area contributed by atoms with E-state index in [1.54, 1.807) is 43.8 Å². The van der Waals surface area contributed by atoms with Crippen LogP contribution >= 0.6 is 0 Å². The molecule has 0 saturated carbocycles. The van der Waals surface area contributed by atoms with E-state index in [0.717, 1.165) is 11.1 Å². The van der Waals surface area contributed by atoms with Crippen LogP contribution in [0.1, 0.15) is 15.9 Å². The molecule has 0 unspecified atom stereocenters. The number of nitrogens with zero attached hydrogens (tertiary/aromatic N) is 3. The normalized spacial score (nSPS) is 10.5. The Labute approximate surface area is 168 Å². The predicted octanol–water partition coefficient (Wildman–Crippen LogP) is 4.25. The summed E-state index contributed by atoms with van der Waals surface area (Å²) in [5, 5.41) is 7.87. The molecule has 2 heterocycles. The molecule has 0 amide bonds. The van der Waals surface area contributed by atoms with Gasteiger partial charge >= 0.3 is 0 Å². The highest BCUT2D eigenvalue weighted by Crippen LogP contribution is 2.23. The van der Waals surface area contributed by atoms with Crippen LogP contribution in [0.3, 0.4) is 0 Å². The second kappa shape index (κ2) is 8.39. The van der Waals surface area contributed by atoms with E-state index in [4.69, 9.17) is 4.74 Å². The standard InChI is InChI=1S/C23H20N4O2/c1-29-20-11-9-18(10-12-20)23(28)27-22(25-15-17-6-3-2-4-7-17)14-21(26-27)19-8-5-13-24-16-19/h2-14,16,25H,15H2,1H3. The molecule has 0 aliphatic carbocycles. The lowest BCUT2D eigenvalue weighted by molar-refractivity contribution is 0.0948. The van der Waals surface area contributed by atoms with Crippen molar-refractivity contribution < 1.29 is 9.53 Å². The van der Waals surface area contributed by atoms with Gasteiger partial charge in [0, 0.05) is 36.1 Å². The summed E-state index contributed by atoms with van der Waals surface area (Å²) in [4.78, 5) is 17.3. The molecule has 0 spiro atoms. The van der Waals surface area contributed by atoms with Gasteiger partial charge in [0.15, 0.2) is 0 Å². The summed E-state index contributed by atoms with van der Waals surface area (Å²) in [6, 6.07) is 22.6. The van der Waals surface area contributed by atoms with Gasteiger partial charge in [-0.2, -0.15) is 9.78 Å². The second-order valence-electron chi connectivity index (χ2n) is 6.44. The molecule has 0 aliphatic rings. The fourth-order valence-corrected chi connectivity index (χ4v) is 2.96. The number of rotatable bonds is 6. The molecule has 0 bridgehead atoms. The second-order valence-corrected chi connectivity index (χ2v) is 6.44. The third kappa shape index (κ3) is 4.16. The van der Waals surface area contributed by atoms with E-state index in [9.17, 15) is 4.79 Å². The molecule has 4 rings (SSSR count). The summed E-state index contributed by atoms with van der Waals surface area (Å²) in [6.45, 7) is 0.578. The summed E-state index contributed by atoms with van der Waals surface area (Å²) in [5.74, 6) is 1.09. The number of pyridine rings is 1. The van der Waals surface area contributed by atoms with Gasteiger partial charge in [0.05, 0.1) is 12.8 Å². The van der Waals surface area contributed by atoms with Gasteiger partial charge < -0.3 is 10.1 Å². The average Bonchev–Trinajstić information content (AvgIpc) is 3.23. The van der Waals surface area contributed by atoms with E-state index >= 15 is 0 Å². The maximum absolute atomic E-state index is 13.1. The molecule has 29 heavy (non-hydrogen) atoms. The summed E-state index contributed by atoms with van der Waals surface area (Å²) in [6.07, 6.45) is 3.43. The largest absolute Gasteiger partial charge is 0.497 e. The molecular formula is C23H20N4O2. The van der Waals surface area contributed by atoms with Crippen LogP contribution in [0.4, 0.5) is 5.82 Å². The first kappa shape index (κ1) is 18.4. The SMILES string of the molecule is COc1ccc(C(=O)n2nc(-c3cccnc3)cc2NCc2ccccc2)cc1. The van der Waals surface area contributed by atoms with E-state index in [-0.39, 0.29) is 5.91 Å². The smallest absolute Gasteiger partial charge is 0.280 e. The molecule has 6 nitrogen and oxygen atoms in total. The van der Waals surface area contributed by atoms with Gasteiger partial charge in [-0.1, -0.05) is 30.3 Å². The number of carbonyl (C=O) groups excluding carboxylic acids is 1. The fraction of sp³-hybridized carbons (Fsp3) is 0.0870. The third-order valence-corrected chi connectivity index (χ3v) is 4.51. The Morgan fingerprint density at radius 1 is 1.03 bits per heavy atom. The van der Waals surface area contributed by atoms with Crippen LogP contribution in [0.25, 0.3) is 11.3 Å². The van der Waals surface area contributed by atoms with Gasteiger partial charge in [-0.05, 0) is 42.0 Å². The molecule has 2 aromatic carbocycles. The van der Waals surface area contributed by atoms with Crippen LogP contribution in [0.2, 0.25) is 0 Å². The number of hydrogen-bond acceptors (Lipinski definition) is 5. The summed E-state index contributed by atoms with van der Waals surface area (Å²) in [7, 11) is 1.59. The molecule has 6 heteroatoms. The Kier molecular flexibility index (Phi) is 5.33. The van der Waals surface area contributed by atoms with Gasteiger partial charge in [-0.15, -0.1) is 0 Å². The molecule has 2 aromatic heterocycles. The Balaban J connectivity index is 1.67. The molecular weight excluding hydrogens is 364 g/mol. The number of ether oxygens (including phenoxy) is 1. The van der Waals surface area contributed by atoms with Crippen LogP contribution in [0.5, 0.6) is 5.75 Å². The first-order valence-corrected chi connectivity index (χ1v) is 9.21. The van der Waals surface area contributed by atoms with E-state index in [2.05, 4.69) is 15.4 Å². The van der Waals surface area contributed by atoms with Crippen molar-refractivity contribution in [1.82, 2.24) is 14.8 Å². The number of carbonyl (C=O) groups is 1. The monoisotopic (exact) mass is 384 g/mol. The van der Waals surface area contributed by atoms with Gasteiger partial charge in [0.2, 0.25) is 0 Å². The number of aromatic nitrogens is 3. The topological polar surface area (TPSA) is 69.0 Å². The first-order valence-electron chi connectivity index (χ1n) is 9.21. The van der Waals surface area contributed by atoms with E-state index in [0.29, 0.717) is 29.4 Å². The third-order valence-electron chi connectivity index (χ3n) is 4.51. The molecule has 0 atom stereocenters. The molecule has 0 saturated heterocycles. The van der Waals surface area contributed by atoms with Gasteiger partial charge in [0.25, 0.3) is 5.91 Å². The van der Waals surface area contributed by atoms with Crippen LogP contribution in [-0.4, -0.2) is 27.8 Å². The van der Waals surface area contributed by atoms with Crippen LogP contribution < -0.4 is 10.1 Å². The summed E-state index contributed by atoms with van der Waals surface area (Å²) >= 11 is 0. The van der Waals surface area contributed by atoms with E-state index in [1.165, 1.54) is 4.68 Å². The lowest BCUT2D eigenvalue weighted by Crippen LogP contribution is -2.17. The molecule has 0 aliphatic heterocycles. The van der Waals surface area contributed by atoms with Crippen molar-refractivity contribution in [2.45, 2.75) is 6.54 Å². The van der Waals surface area contributed by atoms with Gasteiger partial charge in [-0.3, -0.25) is 9.78 Å². The number of anilines is 1. The zero-order chi connectivity index (χ0) is 20.1. The minimum atomic E-state index is -0.224. The van der Waals surface area contributed by atoms with Gasteiger partial charge in [0.1, 0.15) is 11.6 Å². The van der Waals surface area contributed by atoms with Crippen molar-refractivity contribution in [1.29, 1.82) is 0 Å². The zero-order valence-corrected chi connectivity index (χ0v) is 15.9. The fourth-order valence-electron chi connectivity index (χ4n) is 2.96. The minimum Gasteiger partial charge on any atom is -0.497 e. The lowest BCUT2D eigenvalue weighted by Gasteiger charge is -2.09. The molecule has 144 valence electrons. The van der Waals surface area contributed by atoms with Crippen molar-refractivity contribution in [3.8, 4) is 17.0 Å². The first-order chi connectivity index (χ1) is 14.2. The van der Waals surface area contributed by atoms with Crippen molar-refractivity contribution in [3.05, 3.63) is 96.3 Å². The van der Waals surface area contributed by atoms with Crippen molar-refractivity contribution in [2.24, 2.45) is 0 Å². The van der Waals surface area contributed by atoms with Crippen molar-refractivity contribution >= 4 is 11.7 Å². The highest BCUT2D eigenvalue weighted by Gasteiger charge is 2.17. The quantitative estimate of drug-likeness (QED) is 0.538. The Bertz CT molecular complexity index is 1090. The average molecular weight is 384 g/mol. The molecule has 4 aromatic rings. The highest BCUT2D eigenvalue weighted by atomic mass is 16.5. The maximum atomic E-state index is 13.1. The van der Waals surface area contributed by atoms with E-state index < -0.39 is 0 Å². The summed E-state index contributed by atoms with van der Waals surface area (Å²) < 4.78 is 6.57. The van der Waals surface area contributed by atoms with Crippen molar-refractivity contribution in [3.63, 3.8) is 0 Å².